The highest BCUT2D eigenvalue weighted by atomic mass is 16.5. The molecule has 1 aromatic heterocycles. The molecular weight excluding hydrogens is 260 g/mol. The van der Waals surface area contributed by atoms with Crippen molar-refractivity contribution >= 4 is 0 Å². The van der Waals surface area contributed by atoms with E-state index in [0.29, 0.717) is 6.04 Å². The number of nitrogens with one attached hydrogen (secondary N) is 1. The third-order valence-electron chi connectivity index (χ3n) is 4.25. The van der Waals surface area contributed by atoms with Crippen molar-refractivity contribution in [1.82, 2.24) is 10.3 Å². The van der Waals surface area contributed by atoms with Crippen molar-refractivity contribution in [3.05, 3.63) is 53.3 Å². The lowest BCUT2D eigenvalue weighted by atomic mass is 10.1. The number of aryl methyl sites for hydroxylation is 2. The maximum Gasteiger partial charge on any atom is 0.146 e. The van der Waals surface area contributed by atoms with Gasteiger partial charge >= 0.3 is 0 Å². The Bertz CT molecular complexity index is 649. The lowest BCUT2D eigenvalue weighted by Gasteiger charge is -2.09. The van der Waals surface area contributed by atoms with Gasteiger partial charge in [-0.15, -0.1) is 0 Å². The Morgan fingerprint density at radius 2 is 1.95 bits per heavy atom. The number of aromatic nitrogens is 1. The highest BCUT2D eigenvalue weighted by Gasteiger charge is 2.20. The molecule has 21 heavy (non-hydrogen) atoms. The smallest absolute Gasteiger partial charge is 0.146 e. The third-order valence-corrected chi connectivity index (χ3v) is 4.25. The molecule has 0 atom stereocenters. The van der Waals surface area contributed by atoms with Gasteiger partial charge in [0.2, 0.25) is 0 Å². The van der Waals surface area contributed by atoms with Gasteiger partial charge in [0.1, 0.15) is 11.5 Å². The van der Waals surface area contributed by atoms with Crippen LogP contribution in [-0.2, 0) is 19.4 Å². The zero-order valence-corrected chi connectivity index (χ0v) is 12.1. The van der Waals surface area contributed by atoms with E-state index >= 15 is 0 Å². The van der Waals surface area contributed by atoms with Gasteiger partial charge in [-0.2, -0.15) is 0 Å². The molecule has 1 aromatic carbocycles. The molecule has 0 saturated heterocycles. The molecule has 0 radical (unpaired) electrons. The van der Waals surface area contributed by atoms with Gasteiger partial charge in [0, 0.05) is 18.8 Å². The second-order valence-corrected chi connectivity index (χ2v) is 6.07. The SMILES string of the molecule is c1ncc(Oc2ccc3c(c2)CCC3)cc1CNC1CC1. The van der Waals surface area contributed by atoms with Gasteiger partial charge in [0.05, 0.1) is 6.20 Å². The highest BCUT2D eigenvalue weighted by molar-refractivity contribution is 5.40. The lowest BCUT2D eigenvalue weighted by Crippen LogP contribution is -2.15. The van der Waals surface area contributed by atoms with Crippen LogP contribution in [0.25, 0.3) is 0 Å². The number of rotatable bonds is 5. The van der Waals surface area contributed by atoms with Crippen LogP contribution in [0, 0.1) is 0 Å². The van der Waals surface area contributed by atoms with Crippen LogP contribution in [0.2, 0.25) is 0 Å². The summed E-state index contributed by atoms with van der Waals surface area (Å²) in [6.07, 6.45) is 9.95. The van der Waals surface area contributed by atoms with Gasteiger partial charge < -0.3 is 10.1 Å². The maximum atomic E-state index is 5.98. The molecule has 1 N–H and O–H groups in total. The van der Waals surface area contributed by atoms with Gasteiger partial charge in [-0.1, -0.05) is 6.07 Å². The third kappa shape index (κ3) is 3.08. The Labute approximate surface area is 125 Å². The number of pyridine rings is 1. The molecule has 2 aliphatic carbocycles. The van der Waals surface area contributed by atoms with Crippen LogP contribution in [0.5, 0.6) is 11.5 Å². The highest BCUT2D eigenvalue weighted by Crippen LogP contribution is 2.29. The van der Waals surface area contributed by atoms with Crippen molar-refractivity contribution in [2.75, 3.05) is 0 Å². The second-order valence-electron chi connectivity index (χ2n) is 6.07. The summed E-state index contributed by atoms with van der Waals surface area (Å²) in [7, 11) is 0. The number of fused-ring (bicyclic) bond motifs is 1. The summed E-state index contributed by atoms with van der Waals surface area (Å²) >= 11 is 0. The molecule has 2 aliphatic rings. The van der Waals surface area contributed by atoms with Crippen LogP contribution in [0.1, 0.15) is 36.0 Å². The van der Waals surface area contributed by atoms with Crippen molar-refractivity contribution in [3.8, 4) is 11.5 Å². The molecule has 108 valence electrons. The fourth-order valence-corrected chi connectivity index (χ4v) is 2.91. The van der Waals surface area contributed by atoms with E-state index in [4.69, 9.17) is 4.74 Å². The number of ether oxygens (including phenoxy) is 1. The molecule has 3 heteroatoms. The number of benzene rings is 1. The van der Waals surface area contributed by atoms with Gasteiger partial charge in [-0.05, 0) is 67.0 Å². The van der Waals surface area contributed by atoms with Crippen LogP contribution in [0.3, 0.4) is 0 Å². The van der Waals surface area contributed by atoms with Gasteiger partial charge in [0.25, 0.3) is 0 Å². The predicted octanol–water partition coefficient (Wildman–Crippen LogP) is 3.61. The zero-order valence-electron chi connectivity index (χ0n) is 12.1. The minimum absolute atomic E-state index is 0.714. The minimum Gasteiger partial charge on any atom is -0.456 e. The molecule has 2 aromatic rings. The average Bonchev–Trinajstić information content (AvgIpc) is 3.22. The summed E-state index contributed by atoms with van der Waals surface area (Å²) in [5.41, 5.74) is 4.09. The van der Waals surface area contributed by atoms with E-state index in [1.807, 2.05) is 6.20 Å². The Hall–Kier alpha value is -1.87. The van der Waals surface area contributed by atoms with Gasteiger partial charge in [-0.25, -0.2) is 0 Å². The monoisotopic (exact) mass is 280 g/mol. The quantitative estimate of drug-likeness (QED) is 0.908. The molecular formula is C18H20N2O. The number of hydrogen-bond acceptors (Lipinski definition) is 3. The first-order valence-corrected chi connectivity index (χ1v) is 7.84. The first-order valence-electron chi connectivity index (χ1n) is 7.84. The fourth-order valence-electron chi connectivity index (χ4n) is 2.91. The van der Waals surface area contributed by atoms with Crippen molar-refractivity contribution in [2.45, 2.75) is 44.7 Å². The van der Waals surface area contributed by atoms with Crippen LogP contribution in [0.4, 0.5) is 0 Å². The second kappa shape index (κ2) is 5.49. The first-order chi connectivity index (χ1) is 10.4. The molecule has 0 spiro atoms. The molecule has 1 saturated carbocycles. The van der Waals surface area contributed by atoms with Crippen LogP contribution >= 0.6 is 0 Å². The summed E-state index contributed by atoms with van der Waals surface area (Å²) < 4.78 is 5.98. The van der Waals surface area contributed by atoms with Crippen LogP contribution in [-0.4, -0.2) is 11.0 Å². The number of nitrogens with zero attached hydrogens (tertiary/aromatic N) is 1. The normalized spacial score (nSPS) is 16.8. The van der Waals surface area contributed by atoms with E-state index in [9.17, 15) is 0 Å². The standard InChI is InChI=1S/C18H20N2O/c1-2-14-4-7-17(9-15(14)3-1)21-18-8-13(10-19-12-18)11-20-16-5-6-16/h4,7-10,12,16,20H,1-3,5-6,11H2. The summed E-state index contributed by atoms with van der Waals surface area (Å²) in [5.74, 6) is 1.74. The predicted molar refractivity (Wildman–Crippen MR) is 82.6 cm³/mol. The maximum absolute atomic E-state index is 5.98. The van der Waals surface area contributed by atoms with E-state index in [1.54, 1.807) is 6.20 Å². The number of hydrogen-bond donors (Lipinski definition) is 1. The van der Waals surface area contributed by atoms with E-state index in [1.165, 1.54) is 48.8 Å². The molecule has 4 rings (SSSR count). The van der Waals surface area contributed by atoms with Crippen molar-refractivity contribution in [2.24, 2.45) is 0 Å². The largest absolute Gasteiger partial charge is 0.456 e. The van der Waals surface area contributed by atoms with E-state index < -0.39 is 0 Å². The summed E-state index contributed by atoms with van der Waals surface area (Å²) in [4.78, 5) is 4.29. The molecule has 1 fully saturated rings. The summed E-state index contributed by atoms with van der Waals surface area (Å²) in [6, 6.07) is 9.24. The molecule has 0 unspecified atom stereocenters. The van der Waals surface area contributed by atoms with Gasteiger partial charge in [-0.3, -0.25) is 4.98 Å². The molecule has 0 bridgehead atoms. The Morgan fingerprint density at radius 3 is 2.86 bits per heavy atom. The Morgan fingerprint density at radius 1 is 1.05 bits per heavy atom. The van der Waals surface area contributed by atoms with E-state index in [-0.39, 0.29) is 0 Å². The van der Waals surface area contributed by atoms with Crippen molar-refractivity contribution in [1.29, 1.82) is 0 Å². The molecule has 0 aliphatic heterocycles. The van der Waals surface area contributed by atoms with Crippen molar-refractivity contribution in [3.63, 3.8) is 0 Å². The minimum atomic E-state index is 0.714. The Balaban J connectivity index is 1.47. The summed E-state index contributed by atoms with van der Waals surface area (Å²) in [6.45, 7) is 0.874. The van der Waals surface area contributed by atoms with Crippen LogP contribution in [0.15, 0.2) is 36.7 Å². The average molecular weight is 280 g/mol. The van der Waals surface area contributed by atoms with E-state index in [2.05, 4.69) is 34.6 Å². The first kappa shape index (κ1) is 12.8. The molecule has 3 nitrogen and oxygen atoms in total. The van der Waals surface area contributed by atoms with E-state index in [0.717, 1.165) is 18.0 Å². The molecule has 0 amide bonds. The van der Waals surface area contributed by atoms with Crippen LogP contribution < -0.4 is 10.1 Å². The topological polar surface area (TPSA) is 34.1 Å². The van der Waals surface area contributed by atoms with Crippen molar-refractivity contribution < 1.29 is 4.74 Å². The van der Waals surface area contributed by atoms with Gasteiger partial charge in [0.15, 0.2) is 0 Å². The lowest BCUT2D eigenvalue weighted by molar-refractivity contribution is 0.478. The zero-order chi connectivity index (χ0) is 14.1. The fraction of sp³-hybridized carbons (Fsp3) is 0.389. The Kier molecular flexibility index (Phi) is 3.36. The summed E-state index contributed by atoms with van der Waals surface area (Å²) in [5, 5.41) is 3.50. The molecule has 1 heterocycles.